The Morgan fingerprint density at radius 2 is 1.36 bits per heavy atom. The quantitative estimate of drug-likeness (QED) is 0.506. The van der Waals surface area contributed by atoms with Crippen LogP contribution in [-0.4, -0.2) is 11.4 Å². The van der Waals surface area contributed by atoms with Crippen LogP contribution < -0.4 is 4.74 Å². The summed E-state index contributed by atoms with van der Waals surface area (Å²) in [4.78, 5) is 0. The molecule has 0 saturated carbocycles. The average Bonchev–Trinajstić information content (AvgIpc) is 2.98. The van der Waals surface area contributed by atoms with Crippen molar-refractivity contribution in [2.75, 3.05) is 0 Å². The van der Waals surface area contributed by atoms with Crippen LogP contribution in [0.1, 0.15) is 29.2 Å². The predicted octanol–water partition coefficient (Wildman–Crippen LogP) is 5.28. The lowest BCUT2D eigenvalue weighted by Gasteiger charge is -2.12. The van der Waals surface area contributed by atoms with Crippen LogP contribution in [0.3, 0.4) is 0 Å². The summed E-state index contributed by atoms with van der Waals surface area (Å²) in [6.45, 7) is 5.60. The topological polar surface area (TPSA) is 29.5 Å². The van der Waals surface area contributed by atoms with Gasteiger partial charge in [0.25, 0.3) is 0 Å². The number of ether oxygens (including phenoxy) is 1. The summed E-state index contributed by atoms with van der Waals surface area (Å²) in [6.07, 6.45) is 0.359. The van der Waals surface area contributed by atoms with Crippen LogP contribution in [0.4, 0.5) is 0 Å². The van der Waals surface area contributed by atoms with Crippen molar-refractivity contribution in [1.29, 1.82) is 0 Å². The number of benzene rings is 3. The number of hydrogen-bond donors (Lipinski definition) is 1. The van der Waals surface area contributed by atoms with Crippen molar-refractivity contribution in [3.05, 3.63) is 89.0 Å². The van der Waals surface area contributed by atoms with Crippen LogP contribution in [0.5, 0.6) is 5.75 Å². The van der Waals surface area contributed by atoms with Gasteiger partial charge in [0.15, 0.2) is 6.29 Å². The Bertz CT molecular complexity index is 822. The molecule has 0 amide bonds. The molecular weight excluding hydrogens is 308 g/mol. The fraction of sp³-hybridized carbons (Fsp3) is 0.217. The number of aliphatic hydroxyl groups excluding tert-OH is 1. The number of hydrogen-bond acceptors (Lipinski definition) is 2. The van der Waals surface area contributed by atoms with Crippen LogP contribution in [0, 0.1) is 13.8 Å². The van der Waals surface area contributed by atoms with Crippen LogP contribution in [0.15, 0.2) is 66.7 Å². The number of rotatable bonds is 2. The van der Waals surface area contributed by atoms with Gasteiger partial charge in [0.1, 0.15) is 5.75 Å². The summed E-state index contributed by atoms with van der Waals surface area (Å²) in [6, 6.07) is 23.1. The van der Waals surface area contributed by atoms with Gasteiger partial charge in [-0.15, -0.1) is 0 Å². The van der Waals surface area contributed by atoms with Gasteiger partial charge in [0.05, 0.1) is 0 Å². The van der Waals surface area contributed by atoms with E-state index in [0.717, 1.165) is 17.7 Å². The van der Waals surface area contributed by atoms with Gasteiger partial charge in [0, 0.05) is 0 Å². The van der Waals surface area contributed by atoms with Gasteiger partial charge in [0.2, 0.25) is 0 Å². The molecule has 0 bridgehead atoms. The molecule has 3 aromatic rings. The van der Waals surface area contributed by atoms with E-state index in [2.05, 4.69) is 48.5 Å². The van der Waals surface area contributed by atoms with Crippen LogP contribution in [0.2, 0.25) is 0 Å². The molecule has 4 rings (SSSR count). The Morgan fingerprint density at radius 3 is 1.92 bits per heavy atom. The zero-order valence-corrected chi connectivity index (χ0v) is 15.0. The summed E-state index contributed by atoms with van der Waals surface area (Å²) in [5.41, 5.74) is 8.01. The molecule has 2 nitrogen and oxygen atoms in total. The lowest BCUT2D eigenvalue weighted by molar-refractivity contribution is -0.000837. The Labute approximate surface area is 149 Å². The Hall–Kier alpha value is -2.58. The molecule has 0 aliphatic heterocycles. The van der Waals surface area contributed by atoms with Crippen LogP contribution in [-0.2, 0) is 6.42 Å². The first-order valence-corrected chi connectivity index (χ1v) is 8.63. The number of aliphatic hydroxyl groups is 1. The van der Waals surface area contributed by atoms with Crippen molar-refractivity contribution in [3.8, 4) is 16.9 Å². The van der Waals surface area contributed by atoms with Gasteiger partial charge in [-0.25, -0.2) is 0 Å². The molecule has 1 unspecified atom stereocenters. The van der Waals surface area contributed by atoms with E-state index in [1.165, 1.54) is 27.8 Å². The predicted molar refractivity (Wildman–Crippen MR) is 103 cm³/mol. The van der Waals surface area contributed by atoms with Crippen molar-refractivity contribution >= 4 is 0 Å². The second-order valence-corrected chi connectivity index (χ2v) is 6.41. The Kier molecular flexibility index (Phi) is 5.20. The normalized spacial score (nSPS) is 12.5. The minimum absolute atomic E-state index is 0.745. The molecule has 1 N–H and O–H groups in total. The second kappa shape index (κ2) is 7.54. The summed E-state index contributed by atoms with van der Waals surface area (Å²) >= 11 is 0. The summed E-state index contributed by atoms with van der Waals surface area (Å²) < 4.78 is 5.18. The van der Waals surface area contributed by atoms with Crippen molar-refractivity contribution in [2.45, 2.75) is 33.5 Å². The maximum absolute atomic E-state index is 9.00. The Morgan fingerprint density at radius 1 is 0.800 bits per heavy atom. The van der Waals surface area contributed by atoms with Crippen LogP contribution in [0.25, 0.3) is 11.1 Å². The summed E-state index contributed by atoms with van der Waals surface area (Å²) in [7, 11) is 0. The summed E-state index contributed by atoms with van der Waals surface area (Å²) in [5.74, 6) is 0.755. The van der Waals surface area contributed by atoms with Crippen LogP contribution >= 0.6 is 0 Å². The third-order valence-electron chi connectivity index (χ3n) is 4.56. The highest BCUT2D eigenvalue weighted by atomic mass is 16.6. The van der Waals surface area contributed by atoms with E-state index in [-0.39, 0.29) is 0 Å². The largest absolute Gasteiger partial charge is 0.465 e. The maximum Gasteiger partial charge on any atom is 0.194 e. The molecule has 3 aromatic carbocycles. The molecular formula is C23H24O2. The molecule has 0 heterocycles. The molecule has 0 fully saturated rings. The molecule has 0 saturated heterocycles. The standard InChI is InChI=1S/C13H10.C10H14O2/c1-3-7-12-10(5-1)9-11-6-2-4-8-13(11)12;1-7-5-4-6-10(8(7)2)12-9(3)11/h1-8H,9H2;4-6,9,11H,1-3H3. The van der Waals surface area contributed by atoms with E-state index in [9.17, 15) is 0 Å². The van der Waals surface area contributed by atoms with E-state index in [1.807, 2.05) is 32.0 Å². The molecule has 128 valence electrons. The fourth-order valence-electron chi connectivity index (χ4n) is 3.12. The Balaban J connectivity index is 0.000000147. The lowest BCUT2D eigenvalue weighted by atomic mass is 10.1. The van der Waals surface area contributed by atoms with Gasteiger partial charge < -0.3 is 9.84 Å². The molecule has 0 aromatic heterocycles. The van der Waals surface area contributed by atoms with E-state index in [4.69, 9.17) is 9.84 Å². The summed E-state index contributed by atoms with van der Waals surface area (Å²) in [5, 5.41) is 9.00. The maximum atomic E-state index is 9.00. The molecule has 1 aliphatic carbocycles. The van der Waals surface area contributed by atoms with Gasteiger partial charge in [-0.2, -0.15) is 0 Å². The fourth-order valence-corrected chi connectivity index (χ4v) is 3.12. The zero-order chi connectivity index (χ0) is 17.8. The smallest absolute Gasteiger partial charge is 0.194 e. The molecule has 0 spiro atoms. The van der Waals surface area contributed by atoms with Crippen molar-refractivity contribution in [1.82, 2.24) is 0 Å². The molecule has 1 atom stereocenters. The van der Waals surface area contributed by atoms with Crippen molar-refractivity contribution in [2.24, 2.45) is 0 Å². The first-order valence-electron chi connectivity index (χ1n) is 8.63. The average molecular weight is 332 g/mol. The van der Waals surface area contributed by atoms with Crippen molar-refractivity contribution in [3.63, 3.8) is 0 Å². The third kappa shape index (κ3) is 3.92. The second-order valence-electron chi connectivity index (χ2n) is 6.41. The third-order valence-corrected chi connectivity index (χ3v) is 4.56. The van der Waals surface area contributed by atoms with Gasteiger partial charge in [-0.3, -0.25) is 0 Å². The first kappa shape index (κ1) is 17.2. The van der Waals surface area contributed by atoms with Gasteiger partial charge in [-0.05, 0) is 66.6 Å². The van der Waals surface area contributed by atoms with E-state index >= 15 is 0 Å². The van der Waals surface area contributed by atoms with Crippen molar-refractivity contribution < 1.29 is 9.84 Å². The van der Waals surface area contributed by atoms with Gasteiger partial charge in [-0.1, -0.05) is 60.7 Å². The lowest BCUT2D eigenvalue weighted by Crippen LogP contribution is -2.10. The molecule has 25 heavy (non-hydrogen) atoms. The molecule has 1 aliphatic rings. The first-order chi connectivity index (χ1) is 12.1. The highest BCUT2D eigenvalue weighted by Gasteiger charge is 2.15. The minimum Gasteiger partial charge on any atom is -0.465 e. The highest BCUT2D eigenvalue weighted by molar-refractivity contribution is 5.76. The molecule has 2 heteroatoms. The number of fused-ring (bicyclic) bond motifs is 3. The number of aryl methyl sites for hydroxylation is 1. The molecule has 0 radical (unpaired) electrons. The van der Waals surface area contributed by atoms with E-state index < -0.39 is 6.29 Å². The van der Waals surface area contributed by atoms with E-state index in [1.54, 1.807) is 6.92 Å². The SMILES string of the molecule is Cc1cccc(OC(C)O)c1C.c1ccc2c(c1)Cc1ccccc1-2. The zero-order valence-electron chi connectivity index (χ0n) is 15.0. The highest BCUT2D eigenvalue weighted by Crippen LogP contribution is 2.35. The van der Waals surface area contributed by atoms with Gasteiger partial charge >= 0.3 is 0 Å². The monoisotopic (exact) mass is 332 g/mol. The minimum atomic E-state index is -0.745. The van der Waals surface area contributed by atoms with E-state index in [0.29, 0.717) is 0 Å².